The third-order valence-corrected chi connectivity index (χ3v) is 2.93. The van der Waals surface area contributed by atoms with Crippen LogP contribution in [0.5, 0.6) is 0 Å². The number of rotatable bonds is 1. The molecule has 0 unspecified atom stereocenters. The van der Waals surface area contributed by atoms with Crippen molar-refractivity contribution in [3.8, 4) is 11.8 Å². The molecule has 80 valence electrons. The average Bonchev–Trinajstić information content (AvgIpc) is 2.58. The molecule has 0 spiro atoms. The van der Waals surface area contributed by atoms with E-state index in [1.54, 1.807) is 29.1 Å². The molecular formula is C10H6BrClN4. The monoisotopic (exact) mass is 296 g/mol. The minimum Gasteiger partial charge on any atom is -0.381 e. The number of nitriles is 1. The Labute approximate surface area is 105 Å². The summed E-state index contributed by atoms with van der Waals surface area (Å²) in [4.78, 5) is 0. The van der Waals surface area contributed by atoms with Crippen molar-refractivity contribution in [1.82, 2.24) is 9.78 Å². The zero-order valence-corrected chi connectivity index (χ0v) is 10.3. The Balaban J connectivity index is 2.53. The first kappa shape index (κ1) is 11.0. The molecule has 1 heterocycles. The molecule has 0 aliphatic carbocycles. The van der Waals surface area contributed by atoms with Crippen LogP contribution in [0, 0.1) is 11.3 Å². The van der Waals surface area contributed by atoms with Crippen LogP contribution in [-0.2, 0) is 0 Å². The normalized spacial score (nSPS) is 10.1. The molecule has 0 radical (unpaired) electrons. The molecule has 6 heteroatoms. The van der Waals surface area contributed by atoms with E-state index < -0.39 is 0 Å². The number of halogens is 2. The van der Waals surface area contributed by atoms with Gasteiger partial charge >= 0.3 is 0 Å². The molecule has 0 aliphatic heterocycles. The zero-order chi connectivity index (χ0) is 11.7. The number of nitrogens with zero attached hydrogens (tertiary/aromatic N) is 3. The van der Waals surface area contributed by atoms with Crippen LogP contribution in [0.3, 0.4) is 0 Å². The van der Waals surface area contributed by atoms with Gasteiger partial charge in [0.2, 0.25) is 0 Å². The van der Waals surface area contributed by atoms with E-state index in [9.17, 15) is 0 Å². The lowest BCUT2D eigenvalue weighted by Crippen LogP contribution is -1.97. The first-order chi connectivity index (χ1) is 7.61. The van der Waals surface area contributed by atoms with Crippen LogP contribution in [0.1, 0.15) is 5.56 Å². The van der Waals surface area contributed by atoms with Crippen LogP contribution < -0.4 is 5.73 Å². The molecule has 0 saturated heterocycles. The van der Waals surface area contributed by atoms with Gasteiger partial charge in [0.25, 0.3) is 0 Å². The predicted molar refractivity (Wildman–Crippen MR) is 65.4 cm³/mol. The molecular weight excluding hydrogens is 291 g/mol. The predicted octanol–water partition coefficient (Wildman–Crippen LogP) is 2.74. The summed E-state index contributed by atoms with van der Waals surface area (Å²) in [5, 5.41) is 13.2. The molecule has 0 atom stereocenters. The molecule has 1 aromatic heterocycles. The highest BCUT2D eigenvalue weighted by Gasteiger charge is 2.08. The fourth-order valence-corrected chi connectivity index (χ4v) is 1.79. The molecule has 0 saturated carbocycles. The largest absolute Gasteiger partial charge is 0.381 e. The van der Waals surface area contributed by atoms with E-state index in [1.807, 2.05) is 6.07 Å². The maximum absolute atomic E-state index is 8.71. The quantitative estimate of drug-likeness (QED) is 0.880. The minimum atomic E-state index is 0.389. The van der Waals surface area contributed by atoms with Gasteiger partial charge in [0.15, 0.2) is 5.82 Å². The lowest BCUT2D eigenvalue weighted by molar-refractivity contribution is 0.885. The van der Waals surface area contributed by atoms with Crippen LogP contribution in [0.25, 0.3) is 5.69 Å². The summed E-state index contributed by atoms with van der Waals surface area (Å²) in [5.74, 6) is 0.389. The molecule has 2 rings (SSSR count). The summed E-state index contributed by atoms with van der Waals surface area (Å²) in [6, 6.07) is 7.00. The topological polar surface area (TPSA) is 67.6 Å². The van der Waals surface area contributed by atoms with Gasteiger partial charge in [-0.05, 0) is 34.1 Å². The Morgan fingerprint density at radius 1 is 1.50 bits per heavy atom. The van der Waals surface area contributed by atoms with Gasteiger partial charge in [0.1, 0.15) is 0 Å². The van der Waals surface area contributed by atoms with E-state index in [0.717, 1.165) is 0 Å². The Morgan fingerprint density at radius 2 is 2.25 bits per heavy atom. The van der Waals surface area contributed by atoms with E-state index in [1.165, 1.54) is 0 Å². The second kappa shape index (κ2) is 4.16. The second-order valence-corrected chi connectivity index (χ2v) is 4.35. The van der Waals surface area contributed by atoms with Crippen molar-refractivity contribution >= 4 is 33.3 Å². The van der Waals surface area contributed by atoms with Crippen LogP contribution in [0.4, 0.5) is 5.82 Å². The molecule has 0 amide bonds. The Morgan fingerprint density at radius 3 is 2.75 bits per heavy atom. The number of nitrogen functional groups attached to an aromatic ring is 1. The molecule has 2 N–H and O–H groups in total. The maximum Gasteiger partial charge on any atom is 0.160 e. The van der Waals surface area contributed by atoms with Gasteiger partial charge in [-0.3, -0.25) is 0 Å². The van der Waals surface area contributed by atoms with E-state index in [4.69, 9.17) is 22.6 Å². The molecule has 16 heavy (non-hydrogen) atoms. The van der Waals surface area contributed by atoms with Gasteiger partial charge in [-0.2, -0.15) is 5.26 Å². The van der Waals surface area contributed by atoms with Gasteiger partial charge in [-0.15, -0.1) is 5.10 Å². The maximum atomic E-state index is 8.71. The molecule has 2 aromatic rings. The fourth-order valence-electron chi connectivity index (χ4n) is 1.25. The van der Waals surface area contributed by atoms with Gasteiger partial charge in [0.05, 0.1) is 26.8 Å². The zero-order valence-electron chi connectivity index (χ0n) is 7.98. The Hall–Kier alpha value is -1.51. The number of hydrogen-bond acceptors (Lipinski definition) is 3. The summed E-state index contributed by atoms with van der Waals surface area (Å²) in [7, 11) is 0. The van der Waals surface area contributed by atoms with Crippen LogP contribution in [-0.4, -0.2) is 9.78 Å². The molecule has 0 fully saturated rings. The van der Waals surface area contributed by atoms with Crippen molar-refractivity contribution in [3.63, 3.8) is 0 Å². The Bertz CT molecular complexity index is 565. The average molecular weight is 298 g/mol. The highest BCUT2D eigenvalue weighted by molar-refractivity contribution is 9.10. The smallest absolute Gasteiger partial charge is 0.160 e. The summed E-state index contributed by atoms with van der Waals surface area (Å²) in [5.41, 5.74) is 6.80. The molecule has 0 bridgehead atoms. The van der Waals surface area contributed by atoms with Crippen molar-refractivity contribution in [2.24, 2.45) is 0 Å². The Kier molecular flexibility index (Phi) is 2.86. The lowest BCUT2D eigenvalue weighted by Gasteiger charge is -2.03. The third kappa shape index (κ3) is 1.90. The van der Waals surface area contributed by atoms with Crippen LogP contribution in [0.2, 0.25) is 5.02 Å². The van der Waals surface area contributed by atoms with Crippen LogP contribution >= 0.6 is 27.5 Å². The van der Waals surface area contributed by atoms with E-state index in [0.29, 0.717) is 26.6 Å². The summed E-state index contributed by atoms with van der Waals surface area (Å²) < 4.78 is 2.26. The summed E-state index contributed by atoms with van der Waals surface area (Å²) in [6.07, 6.45) is 1.71. The molecule has 0 aliphatic rings. The van der Waals surface area contributed by atoms with Crippen LogP contribution in [0.15, 0.2) is 28.9 Å². The van der Waals surface area contributed by atoms with E-state index in [2.05, 4.69) is 21.0 Å². The summed E-state index contributed by atoms with van der Waals surface area (Å²) in [6.45, 7) is 0. The van der Waals surface area contributed by atoms with Crippen molar-refractivity contribution in [2.45, 2.75) is 0 Å². The first-order valence-corrected chi connectivity index (χ1v) is 5.49. The van der Waals surface area contributed by atoms with Gasteiger partial charge in [0, 0.05) is 6.20 Å². The van der Waals surface area contributed by atoms with Crippen molar-refractivity contribution in [3.05, 3.63) is 39.5 Å². The van der Waals surface area contributed by atoms with Crippen molar-refractivity contribution in [2.75, 3.05) is 5.73 Å². The van der Waals surface area contributed by atoms with Crippen molar-refractivity contribution < 1.29 is 0 Å². The van der Waals surface area contributed by atoms with E-state index >= 15 is 0 Å². The van der Waals surface area contributed by atoms with Gasteiger partial charge in [-0.25, -0.2) is 4.68 Å². The van der Waals surface area contributed by atoms with Gasteiger partial charge < -0.3 is 5.73 Å². The standard InChI is InChI=1S/C10H6BrClN4/c11-7-5-16(15-10(7)14)9-2-1-6(4-13)3-8(9)12/h1-3,5H,(H2,14,15). The number of hydrogen-bond donors (Lipinski definition) is 1. The SMILES string of the molecule is N#Cc1ccc(-n2cc(Br)c(N)n2)c(Cl)c1. The highest BCUT2D eigenvalue weighted by atomic mass is 79.9. The minimum absolute atomic E-state index is 0.389. The number of anilines is 1. The first-order valence-electron chi connectivity index (χ1n) is 4.32. The summed E-state index contributed by atoms with van der Waals surface area (Å²) >= 11 is 9.30. The highest BCUT2D eigenvalue weighted by Crippen LogP contribution is 2.25. The second-order valence-electron chi connectivity index (χ2n) is 3.08. The molecule has 4 nitrogen and oxygen atoms in total. The number of benzene rings is 1. The van der Waals surface area contributed by atoms with Crippen molar-refractivity contribution in [1.29, 1.82) is 5.26 Å². The number of nitrogens with two attached hydrogens (primary N) is 1. The molecule has 1 aromatic carbocycles. The third-order valence-electron chi connectivity index (χ3n) is 2.02. The van der Waals surface area contributed by atoms with E-state index in [-0.39, 0.29) is 0 Å². The van der Waals surface area contributed by atoms with Gasteiger partial charge in [-0.1, -0.05) is 11.6 Å². The lowest BCUT2D eigenvalue weighted by atomic mass is 10.2. The number of aromatic nitrogens is 2. The fraction of sp³-hybridized carbons (Fsp3) is 0.